The maximum absolute atomic E-state index is 5.87. The van der Waals surface area contributed by atoms with Gasteiger partial charge in [-0.05, 0) is 45.4 Å². The van der Waals surface area contributed by atoms with Gasteiger partial charge >= 0.3 is 0 Å². The van der Waals surface area contributed by atoms with E-state index in [-0.39, 0.29) is 0 Å². The zero-order valence-electron chi connectivity index (χ0n) is 12.0. The summed E-state index contributed by atoms with van der Waals surface area (Å²) in [5.74, 6) is 0.828. The molecule has 106 valence electrons. The number of morpholine rings is 1. The van der Waals surface area contributed by atoms with Gasteiger partial charge in [0.25, 0.3) is 0 Å². The number of hydrogen-bond acceptors (Lipinski definition) is 4. The molecule has 0 radical (unpaired) electrons. The molecular weight excluding hydrogens is 226 g/mol. The molecule has 4 nitrogen and oxygen atoms in total. The normalized spacial score (nSPS) is 30.8. The van der Waals surface area contributed by atoms with Crippen LogP contribution in [0.3, 0.4) is 0 Å². The summed E-state index contributed by atoms with van der Waals surface area (Å²) in [5, 5.41) is 3.49. The molecule has 0 aromatic rings. The second-order valence-electron chi connectivity index (χ2n) is 5.82. The van der Waals surface area contributed by atoms with Gasteiger partial charge in [0, 0.05) is 26.2 Å². The van der Waals surface area contributed by atoms with Gasteiger partial charge in [0.05, 0.1) is 12.7 Å². The van der Waals surface area contributed by atoms with Gasteiger partial charge in [-0.2, -0.15) is 0 Å². The van der Waals surface area contributed by atoms with Crippen LogP contribution in [0.2, 0.25) is 0 Å². The summed E-state index contributed by atoms with van der Waals surface area (Å²) in [5.41, 5.74) is 0. The Hall–Kier alpha value is -0.160. The predicted octanol–water partition coefficient (Wildman–Crippen LogP) is 0.639. The number of likely N-dealkylation sites (N-methyl/N-ethyl adjacent to an activating group) is 2. The van der Waals surface area contributed by atoms with Gasteiger partial charge < -0.3 is 15.0 Å². The molecule has 0 aromatic carbocycles. The third kappa shape index (κ3) is 4.50. The van der Waals surface area contributed by atoms with Gasteiger partial charge in [-0.3, -0.25) is 4.90 Å². The summed E-state index contributed by atoms with van der Waals surface area (Å²) in [6, 6.07) is 0. The van der Waals surface area contributed by atoms with E-state index in [2.05, 4.69) is 29.1 Å². The molecule has 18 heavy (non-hydrogen) atoms. The van der Waals surface area contributed by atoms with E-state index in [0.717, 1.165) is 38.7 Å². The van der Waals surface area contributed by atoms with Gasteiger partial charge in [0.1, 0.15) is 0 Å². The second kappa shape index (κ2) is 7.43. The summed E-state index contributed by atoms with van der Waals surface area (Å²) in [4.78, 5) is 4.95. The average molecular weight is 255 g/mol. The maximum Gasteiger partial charge on any atom is 0.0829 e. The number of hydrogen-bond donors (Lipinski definition) is 1. The largest absolute Gasteiger partial charge is 0.374 e. The van der Waals surface area contributed by atoms with Crippen LogP contribution in [-0.2, 0) is 4.74 Å². The number of nitrogens with one attached hydrogen (secondary N) is 1. The maximum atomic E-state index is 5.87. The third-order valence-electron chi connectivity index (χ3n) is 4.15. The van der Waals surface area contributed by atoms with Crippen molar-refractivity contribution in [3.8, 4) is 0 Å². The van der Waals surface area contributed by atoms with E-state index >= 15 is 0 Å². The Morgan fingerprint density at radius 1 is 1.39 bits per heavy atom. The van der Waals surface area contributed by atoms with E-state index in [1.54, 1.807) is 0 Å². The molecule has 0 aliphatic carbocycles. The molecule has 2 saturated heterocycles. The average Bonchev–Trinajstić information content (AvgIpc) is 2.40. The van der Waals surface area contributed by atoms with Crippen molar-refractivity contribution in [2.45, 2.75) is 25.9 Å². The molecule has 0 aromatic heterocycles. The van der Waals surface area contributed by atoms with Crippen LogP contribution in [0, 0.1) is 5.92 Å². The summed E-state index contributed by atoms with van der Waals surface area (Å²) in [6.07, 6.45) is 3.12. The molecule has 2 unspecified atom stereocenters. The standard InChI is InChI=1S/C14H29N3O/c1-3-17-7-8-18-14(12-17)11-16(2)10-13-5-4-6-15-9-13/h13-15H,3-12H2,1-2H3. The van der Waals surface area contributed by atoms with Crippen LogP contribution in [-0.4, -0.2) is 75.4 Å². The predicted molar refractivity (Wildman–Crippen MR) is 74.9 cm³/mol. The molecule has 2 fully saturated rings. The Balaban J connectivity index is 1.67. The Morgan fingerprint density at radius 2 is 2.28 bits per heavy atom. The fourth-order valence-corrected chi connectivity index (χ4v) is 3.12. The minimum Gasteiger partial charge on any atom is -0.374 e. The topological polar surface area (TPSA) is 27.7 Å². The minimum absolute atomic E-state index is 0.403. The Morgan fingerprint density at radius 3 is 3.00 bits per heavy atom. The fourth-order valence-electron chi connectivity index (χ4n) is 3.12. The lowest BCUT2D eigenvalue weighted by Crippen LogP contribution is -2.48. The number of rotatable bonds is 5. The highest BCUT2D eigenvalue weighted by Crippen LogP contribution is 2.12. The van der Waals surface area contributed by atoms with Crippen LogP contribution in [0.5, 0.6) is 0 Å². The monoisotopic (exact) mass is 255 g/mol. The molecule has 1 N–H and O–H groups in total. The molecule has 2 rings (SSSR count). The highest BCUT2D eigenvalue weighted by molar-refractivity contribution is 4.76. The SMILES string of the molecule is CCN1CCOC(CN(C)CC2CCCNC2)C1. The van der Waals surface area contributed by atoms with Gasteiger partial charge in [-0.15, -0.1) is 0 Å². The van der Waals surface area contributed by atoms with Crippen LogP contribution in [0.25, 0.3) is 0 Å². The first-order chi connectivity index (χ1) is 8.78. The Bertz CT molecular complexity index is 231. The molecule has 0 saturated carbocycles. The summed E-state index contributed by atoms with van der Waals surface area (Å²) in [7, 11) is 2.24. The van der Waals surface area contributed by atoms with Crippen LogP contribution >= 0.6 is 0 Å². The number of nitrogens with zero attached hydrogens (tertiary/aromatic N) is 2. The Labute approximate surface area is 112 Å². The quantitative estimate of drug-likeness (QED) is 0.780. The van der Waals surface area contributed by atoms with Crippen molar-refractivity contribution in [1.29, 1.82) is 0 Å². The lowest BCUT2D eigenvalue weighted by Gasteiger charge is -2.35. The van der Waals surface area contributed by atoms with E-state index in [0.29, 0.717) is 6.10 Å². The molecule has 4 heteroatoms. The lowest BCUT2D eigenvalue weighted by molar-refractivity contribution is -0.0404. The van der Waals surface area contributed by atoms with E-state index in [9.17, 15) is 0 Å². The van der Waals surface area contributed by atoms with Crippen LogP contribution in [0.1, 0.15) is 19.8 Å². The van der Waals surface area contributed by atoms with E-state index in [1.165, 1.54) is 32.5 Å². The highest BCUT2D eigenvalue weighted by Gasteiger charge is 2.22. The van der Waals surface area contributed by atoms with Gasteiger partial charge in [-0.25, -0.2) is 0 Å². The van der Waals surface area contributed by atoms with Crippen LogP contribution in [0.15, 0.2) is 0 Å². The molecule has 0 bridgehead atoms. The summed E-state index contributed by atoms with van der Waals surface area (Å²) < 4.78 is 5.87. The second-order valence-corrected chi connectivity index (χ2v) is 5.82. The lowest BCUT2D eigenvalue weighted by atomic mass is 9.99. The zero-order chi connectivity index (χ0) is 12.8. The molecule has 2 atom stereocenters. The van der Waals surface area contributed by atoms with E-state index < -0.39 is 0 Å². The number of piperidine rings is 1. The van der Waals surface area contributed by atoms with Crippen molar-refractivity contribution >= 4 is 0 Å². The van der Waals surface area contributed by atoms with Crippen molar-refractivity contribution < 1.29 is 4.74 Å². The number of ether oxygens (including phenoxy) is 1. The van der Waals surface area contributed by atoms with Crippen molar-refractivity contribution in [2.24, 2.45) is 5.92 Å². The molecule has 0 spiro atoms. The smallest absolute Gasteiger partial charge is 0.0829 e. The first kappa shape index (κ1) is 14.3. The molecular formula is C14H29N3O. The van der Waals surface area contributed by atoms with Crippen LogP contribution in [0.4, 0.5) is 0 Å². The summed E-state index contributed by atoms with van der Waals surface area (Å²) in [6.45, 7) is 11.2. The molecule has 2 aliphatic heterocycles. The molecule has 2 heterocycles. The fraction of sp³-hybridized carbons (Fsp3) is 1.00. The van der Waals surface area contributed by atoms with E-state index in [1.807, 2.05) is 0 Å². The van der Waals surface area contributed by atoms with Crippen molar-refractivity contribution in [2.75, 3.05) is 59.5 Å². The minimum atomic E-state index is 0.403. The molecule has 2 aliphatic rings. The van der Waals surface area contributed by atoms with Gasteiger partial charge in [0.15, 0.2) is 0 Å². The Kier molecular flexibility index (Phi) is 5.89. The van der Waals surface area contributed by atoms with Crippen molar-refractivity contribution in [1.82, 2.24) is 15.1 Å². The van der Waals surface area contributed by atoms with Crippen molar-refractivity contribution in [3.63, 3.8) is 0 Å². The third-order valence-corrected chi connectivity index (χ3v) is 4.15. The zero-order valence-corrected chi connectivity index (χ0v) is 12.0. The van der Waals surface area contributed by atoms with Crippen LogP contribution < -0.4 is 5.32 Å². The summed E-state index contributed by atoms with van der Waals surface area (Å²) >= 11 is 0. The molecule has 0 amide bonds. The van der Waals surface area contributed by atoms with Crippen molar-refractivity contribution in [3.05, 3.63) is 0 Å². The highest BCUT2D eigenvalue weighted by atomic mass is 16.5. The van der Waals surface area contributed by atoms with Gasteiger partial charge in [-0.1, -0.05) is 6.92 Å². The van der Waals surface area contributed by atoms with E-state index in [4.69, 9.17) is 4.74 Å². The first-order valence-electron chi connectivity index (χ1n) is 7.51. The van der Waals surface area contributed by atoms with Gasteiger partial charge in [0.2, 0.25) is 0 Å². The first-order valence-corrected chi connectivity index (χ1v) is 7.51.